The number of fused-ring (bicyclic) bond motifs is 1. The lowest BCUT2D eigenvalue weighted by atomic mass is 9.77. The average molecular weight is 399 g/mol. The highest BCUT2D eigenvalue weighted by Gasteiger charge is 2.43. The summed E-state index contributed by atoms with van der Waals surface area (Å²) in [5, 5.41) is 7.59. The SMILES string of the molecule is CO[C@@H]1C[C@H]2CN(C(=O)CCC3=NNC(=O)CC3)C[C@H]2C[C@H]1Nc1ccccn1. The van der Waals surface area contributed by atoms with Crippen molar-refractivity contribution in [2.75, 3.05) is 25.5 Å². The summed E-state index contributed by atoms with van der Waals surface area (Å²) in [6, 6.07) is 6.05. The largest absolute Gasteiger partial charge is 0.379 e. The summed E-state index contributed by atoms with van der Waals surface area (Å²) in [5.74, 6) is 1.96. The van der Waals surface area contributed by atoms with E-state index < -0.39 is 0 Å². The molecule has 2 N–H and O–H groups in total. The molecular weight excluding hydrogens is 370 g/mol. The molecule has 1 aromatic rings. The number of pyridine rings is 1. The Morgan fingerprint density at radius 2 is 2.10 bits per heavy atom. The first kappa shape index (κ1) is 19.8. The minimum absolute atomic E-state index is 0.0507. The monoisotopic (exact) mass is 399 g/mol. The molecule has 3 heterocycles. The normalized spacial score (nSPS) is 29.1. The van der Waals surface area contributed by atoms with E-state index in [1.807, 2.05) is 23.1 Å². The van der Waals surface area contributed by atoms with Crippen molar-refractivity contribution in [2.24, 2.45) is 16.9 Å². The number of aromatic nitrogens is 1. The Hall–Kier alpha value is -2.48. The van der Waals surface area contributed by atoms with Crippen LogP contribution in [0.1, 0.15) is 38.5 Å². The Morgan fingerprint density at radius 3 is 2.79 bits per heavy atom. The van der Waals surface area contributed by atoms with Gasteiger partial charge < -0.3 is 15.0 Å². The molecule has 0 unspecified atom stereocenters. The minimum atomic E-state index is -0.0507. The summed E-state index contributed by atoms with van der Waals surface area (Å²) < 4.78 is 5.77. The molecule has 1 aromatic heterocycles. The Morgan fingerprint density at radius 1 is 1.28 bits per heavy atom. The molecule has 2 aliphatic heterocycles. The third-order valence-electron chi connectivity index (χ3n) is 6.38. The number of hydrazone groups is 1. The molecule has 156 valence electrons. The molecule has 4 atom stereocenters. The number of carbonyl (C=O) groups excluding carboxylic acids is 2. The zero-order valence-electron chi connectivity index (χ0n) is 16.8. The Bertz CT molecular complexity index is 769. The van der Waals surface area contributed by atoms with Crippen LogP contribution in [0.25, 0.3) is 0 Å². The molecular formula is C21H29N5O3. The quantitative estimate of drug-likeness (QED) is 0.760. The number of nitrogens with zero attached hydrogens (tertiary/aromatic N) is 3. The molecule has 29 heavy (non-hydrogen) atoms. The second kappa shape index (κ2) is 8.90. The van der Waals surface area contributed by atoms with Gasteiger partial charge in [-0.1, -0.05) is 6.07 Å². The van der Waals surface area contributed by atoms with Crippen molar-refractivity contribution in [3.8, 4) is 0 Å². The molecule has 2 fully saturated rings. The Kier molecular flexibility index (Phi) is 6.08. The summed E-state index contributed by atoms with van der Waals surface area (Å²) in [6.07, 6.45) is 6.02. The fraction of sp³-hybridized carbons (Fsp3) is 0.619. The van der Waals surface area contributed by atoms with Crippen LogP contribution >= 0.6 is 0 Å². The van der Waals surface area contributed by atoms with Gasteiger partial charge in [0.05, 0.1) is 12.1 Å². The van der Waals surface area contributed by atoms with Crippen molar-refractivity contribution in [3.05, 3.63) is 24.4 Å². The number of carbonyl (C=O) groups is 2. The topological polar surface area (TPSA) is 95.9 Å². The molecule has 3 aliphatic rings. The van der Waals surface area contributed by atoms with Gasteiger partial charge in [0.25, 0.3) is 0 Å². The molecule has 1 saturated heterocycles. The average Bonchev–Trinajstić information content (AvgIpc) is 3.16. The number of hydrogen-bond donors (Lipinski definition) is 2. The van der Waals surface area contributed by atoms with Crippen LogP contribution in [0, 0.1) is 11.8 Å². The lowest BCUT2D eigenvalue weighted by molar-refractivity contribution is -0.130. The van der Waals surface area contributed by atoms with E-state index in [1.54, 1.807) is 13.3 Å². The molecule has 0 bridgehead atoms. The molecule has 0 aromatic carbocycles. The zero-order chi connectivity index (χ0) is 20.2. The molecule has 8 nitrogen and oxygen atoms in total. The number of methoxy groups -OCH3 is 1. The third kappa shape index (κ3) is 4.75. The molecule has 2 amide bonds. The predicted octanol–water partition coefficient (Wildman–Crippen LogP) is 1.79. The van der Waals surface area contributed by atoms with Gasteiger partial charge in [-0.25, -0.2) is 10.4 Å². The predicted molar refractivity (Wildman–Crippen MR) is 109 cm³/mol. The summed E-state index contributed by atoms with van der Waals surface area (Å²) in [6.45, 7) is 1.62. The van der Waals surface area contributed by atoms with Crippen molar-refractivity contribution in [1.29, 1.82) is 0 Å². The smallest absolute Gasteiger partial charge is 0.240 e. The van der Waals surface area contributed by atoms with Crippen LogP contribution < -0.4 is 10.7 Å². The van der Waals surface area contributed by atoms with Gasteiger partial charge in [0.15, 0.2) is 0 Å². The van der Waals surface area contributed by atoms with E-state index in [0.717, 1.165) is 37.5 Å². The Balaban J connectivity index is 1.31. The van der Waals surface area contributed by atoms with Crippen molar-refractivity contribution in [3.63, 3.8) is 0 Å². The lowest BCUT2D eigenvalue weighted by Gasteiger charge is -2.37. The fourth-order valence-electron chi connectivity index (χ4n) is 4.77. The molecule has 0 spiro atoms. The van der Waals surface area contributed by atoms with Crippen LogP contribution in [0.4, 0.5) is 5.82 Å². The first-order chi connectivity index (χ1) is 14.1. The maximum absolute atomic E-state index is 12.7. The highest BCUT2D eigenvalue weighted by atomic mass is 16.5. The molecule has 8 heteroatoms. The van der Waals surface area contributed by atoms with Gasteiger partial charge in [-0.15, -0.1) is 0 Å². The second-order valence-electron chi connectivity index (χ2n) is 8.24. The van der Waals surface area contributed by atoms with E-state index in [9.17, 15) is 9.59 Å². The van der Waals surface area contributed by atoms with E-state index >= 15 is 0 Å². The van der Waals surface area contributed by atoms with Crippen LogP contribution in [0.3, 0.4) is 0 Å². The summed E-state index contributed by atoms with van der Waals surface area (Å²) >= 11 is 0. The molecule has 0 radical (unpaired) electrons. The van der Waals surface area contributed by atoms with Gasteiger partial charge in [0, 0.05) is 44.9 Å². The molecule has 1 aliphatic carbocycles. The second-order valence-corrected chi connectivity index (χ2v) is 8.24. The maximum atomic E-state index is 12.7. The first-order valence-electron chi connectivity index (χ1n) is 10.4. The van der Waals surface area contributed by atoms with E-state index in [0.29, 0.717) is 37.5 Å². The van der Waals surface area contributed by atoms with E-state index in [2.05, 4.69) is 20.8 Å². The van der Waals surface area contributed by atoms with Gasteiger partial charge in [-0.2, -0.15) is 5.10 Å². The first-order valence-corrected chi connectivity index (χ1v) is 10.4. The van der Waals surface area contributed by atoms with Gasteiger partial charge in [-0.05, 0) is 49.7 Å². The van der Waals surface area contributed by atoms with Crippen LogP contribution in [-0.2, 0) is 14.3 Å². The standard InChI is InChI=1S/C21H29N5O3/c1-29-18-11-15-13-26(21(28)8-6-16-5-7-20(27)25-24-16)12-14(15)10-17(18)23-19-4-2-3-9-22-19/h2-4,9,14-15,17-18H,5-8,10-13H2,1H3,(H,22,23)(H,25,27)/t14-,15+,17-,18-/m1/s1. The number of anilines is 1. The maximum Gasteiger partial charge on any atom is 0.240 e. The number of rotatable bonds is 6. The summed E-state index contributed by atoms with van der Waals surface area (Å²) in [4.78, 5) is 30.3. The number of ether oxygens (including phenoxy) is 1. The van der Waals surface area contributed by atoms with Crippen molar-refractivity contribution in [2.45, 2.75) is 50.7 Å². The number of hydrogen-bond acceptors (Lipinski definition) is 6. The van der Waals surface area contributed by atoms with E-state index in [-0.39, 0.29) is 24.0 Å². The van der Waals surface area contributed by atoms with Gasteiger partial charge >= 0.3 is 0 Å². The van der Waals surface area contributed by atoms with Gasteiger partial charge in [-0.3, -0.25) is 9.59 Å². The van der Waals surface area contributed by atoms with E-state index in [4.69, 9.17) is 4.74 Å². The number of amides is 2. The molecule has 4 rings (SSSR count). The number of likely N-dealkylation sites (tertiary alicyclic amines) is 1. The highest BCUT2D eigenvalue weighted by Crippen LogP contribution is 2.38. The summed E-state index contributed by atoms with van der Waals surface area (Å²) in [7, 11) is 1.76. The highest BCUT2D eigenvalue weighted by molar-refractivity contribution is 5.94. The van der Waals surface area contributed by atoms with Crippen molar-refractivity contribution >= 4 is 23.3 Å². The van der Waals surface area contributed by atoms with Gasteiger partial charge in [0.1, 0.15) is 5.82 Å². The third-order valence-corrected chi connectivity index (χ3v) is 6.38. The number of nitrogens with one attached hydrogen (secondary N) is 2. The van der Waals surface area contributed by atoms with Crippen LogP contribution in [0.15, 0.2) is 29.5 Å². The fourth-order valence-corrected chi connectivity index (χ4v) is 4.77. The van der Waals surface area contributed by atoms with Crippen LogP contribution in [-0.4, -0.2) is 59.8 Å². The molecule has 1 saturated carbocycles. The van der Waals surface area contributed by atoms with Gasteiger partial charge in [0.2, 0.25) is 11.8 Å². The van der Waals surface area contributed by atoms with Crippen molar-refractivity contribution < 1.29 is 14.3 Å². The van der Waals surface area contributed by atoms with Crippen LogP contribution in [0.5, 0.6) is 0 Å². The zero-order valence-corrected chi connectivity index (χ0v) is 16.8. The summed E-state index contributed by atoms with van der Waals surface area (Å²) in [5.41, 5.74) is 3.41. The minimum Gasteiger partial charge on any atom is -0.379 e. The Labute approximate surface area is 171 Å². The lowest BCUT2D eigenvalue weighted by Crippen LogP contribution is -2.44. The van der Waals surface area contributed by atoms with E-state index in [1.165, 1.54) is 0 Å². The van der Waals surface area contributed by atoms with Crippen LogP contribution in [0.2, 0.25) is 0 Å². The van der Waals surface area contributed by atoms with Crippen molar-refractivity contribution in [1.82, 2.24) is 15.3 Å².